The first kappa shape index (κ1) is 21.4. The fourth-order valence-corrected chi connectivity index (χ4v) is 5.08. The van der Waals surface area contributed by atoms with Gasteiger partial charge in [-0.2, -0.15) is 0 Å². The van der Waals surface area contributed by atoms with E-state index in [0.717, 1.165) is 23.2 Å². The van der Waals surface area contributed by atoms with Gasteiger partial charge in [0.1, 0.15) is 5.92 Å². The first-order chi connectivity index (χ1) is 16.1. The third-order valence-corrected chi connectivity index (χ3v) is 6.62. The van der Waals surface area contributed by atoms with E-state index in [0.29, 0.717) is 42.2 Å². The summed E-state index contributed by atoms with van der Waals surface area (Å²) in [5.74, 6) is -0.0367. The first-order valence-corrected chi connectivity index (χ1v) is 11.5. The van der Waals surface area contributed by atoms with E-state index in [1.54, 1.807) is 0 Å². The number of esters is 1. The van der Waals surface area contributed by atoms with Crippen LogP contribution in [0.15, 0.2) is 64.8 Å². The lowest BCUT2D eigenvalue weighted by Gasteiger charge is -2.36. The number of hydrogen-bond donors (Lipinski definition) is 0. The molecule has 2 heterocycles. The van der Waals surface area contributed by atoms with Gasteiger partial charge in [0.2, 0.25) is 6.79 Å². The number of ether oxygens (including phenoxy) is 3. The Balaban J connectivity index is 1.58. The molecule has 0 aromatic heterocycles. The van der Waals surface area contributed by atoms with Crippen LogP contribution in [0.25, 0.3) is 0 Å². The molecule has 5 rings (SSSR count). The molecule has 0 fully saturated rings. The smallest absolute Gasteiger partial charge is 0.315 e. The van der Waals surface area contributed by atoms with Crippen LogP contribution < -0.4 is 9.47 Å². The van der Waals surface area contributed by atoms with E-state index in [4.69, 9.17) is 19.2 Å². The third kappa shape index (κ3) is 3.94. The largest absolute Gasteiger partial charge is 0.465 e. The van der Waals surface area contributed by atoms with E-state index in [-0.39, 0.29) is 24.5 Å². The number of hydrogen-bond acceptors (Lipinski definition) is 6. The molecule has 0 saturated carbocycles. The standard InChI is InChI=1S/C27H27NO5/c1-3-11-31-27(30)24-16(2)28-20-12-19(17-7-5-4-6-8-17)13-21(29)26(20)25(24)18-9-10-22-23(14-18)33-15-32-22/h4-10,14,19,24-25H,3,11-13,15H2,1-2H3/t19-,24?,25-/m0/s1. The highest BCUT2D eigenvalue weighted by Gasteiger charge is 2.45. The highest BCUT2D eigenvalue weighted by atomic mass is 16.7. The molecule has 6 nitrogen and oxygen atoms in total. The Morgan fingerprint density at radius 1 is 1.06 bits per heavy atom. The number of ketones is 1. The van der Waals surface area contributed by atoms with E-state index in [1.165, 1.54) is 0 Å². The minimum atomic E-state index is -0.645. The van der Waals surface area contributed by atoms with Gasteiger partial charge in [-0.1, -0.05) is 43.3 Å². The average molecular weight is 446 g/mol. The van der Waals surface area contributed by atoms with Crippen molar-refractivity contribution in [3.05, 3.63) is 70.9 Å². The first-order valence-electron chi connectivity index (χ1n) is 11.5. The molecule has 0 spiro atoms. The Labute approximate surface area is 193 Å². The number of carbonyl (C=O) groups excluding carboxylic acids is 2. The summed E-state index contributed by atoms with van der Waals surface area (Å²) in [6, 6.07) is 15.7. The minimum Gasteiger partial charge on any atom is -0.465 e. The summed E-state index contributed by atoms with van der Waals surface area (Å²) in [6.45, 7) is 4.32. The van der Waals surface area contributed by atoms with Crippen LogP contribution in [-0.4, -0.2) is 30.9 Å². The van der Waals surface area contributed by atoms with Crippen molar-refractivity contribution in [1.82, 2.24) is 0 Å². The second-order valence-corrected chi connectivity index (χ2v) is 8.79. The lowest BCUT2D eigenvalue weighted by Crippen LogP contribution is -2.38. The van der Waals surface area contributed by atoms with Gasteiger partial charge in [0.05, 0.1) is 6.61 Å². The maximum atomic E-state index is 13.6. The van der Waals surface area contributed by atoms with E-state index in [1.807, 2.05) is 50.2 Å². The fraction of sp³-hybridized carbons (Fsp3) is 0.370. The van der Waals surface area contributed by atoms with Gasteiger partial charge in [0, 0.05) is 29.3 Å². The monoisotopic (exact) mass is 445 g/mol. The average Bonchev–Trinajstić information content (AvgIpc) is 3.30. The van der Waals surface area contributed by atoms with E-state index >= 15 is 0 Å². The topological polar surface area (TPSA) is 74.2 Å². The van der Waals surface area contributed by atoms with Crippen LogP contribution in [0.1, 0.15) is 56.1 Å². The van der Waals surface area contributed by atoms with E-state index in [2.05, 4.69) is 12.1 Å². The van der Waals surface area contributed by atoms with Crippen molar-refractivity contribution in [2.75, 3.05) is 13.4 Å². The van der Waals surface area contributed by atoms with Gasteiger partial charge in [-0.3, -0.25) is 14.6 Å². The van der Waals surface area contributed by atoms with Crippen LogP contribution in [-0.2, 0) is 14.3 Å². The van der Waals surface area contributed by atoms with Crippen LogP contribution >= 0.6 is 0 Å². The molecule has 0 radical (unpaired) electrons. The lowest BCUT2D eigenvalue weighted by atomic mass is 9.69. The summed E-state index contributed by atoms with van der Waals surface area (Å²) >= 11 is 0. The molecular formula is C27H27NO5. The van der Waals surface area contributed by atoms with Crippen molar-refractivity contribution in [1.29, 1.82) is 0 Å². The van der Waals surface area contributed by atoms with Crippen molar-refractivity contribution in [3.63, 3.8) is 0 Å². The Hall–Kier alpha value is -3.41. The molecule has 1 unspecified atom stereocenters. The quantitative estimate of drug-likeness (QED) is 0.609. The molecule has 0 N–H and O–H groups in total. The molecule has 0 bridgehead atoms. The van der Waals surface area contributed by atoms with Gasteiger partial charge < -0.3 is 14.2 Å². The van der Waals surface area contributed by atoms with Crippen molar-refractivity contribution in [2.45, 2.75) is 44.9 Å². The van der Waals surface area contributed by atoms with Crippen LogP contribution in [0.3, 0.4) is 0 Å². The number of rotatable bonds is 5. The second kappa shape index (κ2) is 8.85. The number of benzene rings is 2. The lowest BCUT2D eigenvalue weighted by molar-refractivity contribution is -0.146. The molecule has 33 heavy (non-hydrogen) atoms. The summed E-state index contributed by atoms with van der Waals surface area (Å²) < 4.78 is 16.6. The molecule has 3 aliphatic rings. The Morgan fingerprint density at radius 2 is 1.85 bits per heavy atom. The van der Waals surface area contributed by atoms with Crippen LogP contribution in [0.5, 0.6) is 11.5 Å². The van der Waals surface area contributed by atoms with Crippen molar-refractivity contribution >= 4 is 17.5 Å². The zero-order valence-electron chi connectivity index (χ0n) is 18.9. The second-order valence-electron chi connectivity index (χ2n) is 8.79. The summed E-state index contributed by atoms with van der Waals surface area (Å²) in [6.07, 6.45) is 1.80. The van der Waals surface area contributed by atoms with Gasteiger partial charge in [-0.05, 0) is 48.9 Å². The zero-order valence-corrected chi connectivity index (χ0v) is 18.9. The molecule has 3 atom stereocenters. The number of nitrogens with zero attached hydrogens (tertiary/aromatic N) is 1. The molecule has 0 amide bonds. The van der Waals surface area contributed by atoms with Crippen molar-refractivity contribution < 1.29 is 23.8 Å². The highest BCUT2D eigenvalue weighted by molar-refractivity contribution is 6.09. The van der Waals surface area contributed by atoms with Crippen LogP contribution in [0.2, 0.25) is 0 Å². The summed E-state index contributed by atoms with van der Waals surface area (Å²) in [5.41, 5.74) is 4.06. The van der Waals surface area contributed by atoms with Gasteiger partial charge in [0.15, 0.2) is 17.3 Å². The maximum Gasteiger partial charge on any atom is 0.315 e. The Kier molecular flexibility index (Phi) is 5.75. The normalized spacial score (nSPS) is 23.8. The summed E-state index contributed by atoms with van der Waals surface area (Å²) in [4.78, 5) is 31.6. The molecule has 6 heteroatoms. The number of allylic oxidation sites excluding steroid dienone is 2. The summed E-state index contributed by atoms with van der Waals surface area (Å²) in [7, 11) is 0. The molecule has 170 valence electrons. The van der Waals surface area contributed by atoms with E-state index < -0.39 is 11.8 Å². The number of aliphatic imine (C=N–C) groups is 1. The van der Waals surface area contributed by atoms with Gasteiger partial charge in [-0.25, -0.2) is 0 Å². The number of carbonyl (C=O) groups is 2. The third-order valence-electron chi connectivity index (χ3n) is 6.62. The van der Waals surface area contributed by atoms with Gasteiger partial charge in [-0.15, -0.1) is 0 Å². The highest BCUT2D eigenvalue weighted by Crippen LogP contribution is 2.48. The number of Topliss-reactive ketones (excluding diaryl/α,β-unsaturated/α-hetero) is 1. The van der Waals surface area contributed by atoms with Crippen molar-refractivity contribution in [3.8, 4) is 11.5 Å². The maximum absolute atomic E-state index is 13.6. The molecule has 2 aromatic carbocycles. The number of fused-ring (bicyclic) bond motifs is 1. The molecule has 2 aromatic rings. The summed E-state index contributed by atoms with van der Waals surface area (Å²) in [5, 5.41) is 0. The molecule has 0 saturated heterocycles. The molecule has 2 aliphatic heterocycles. The fourth-order valence-electron chi connectivity index (χ4n) is 5.08. The van der Waals surface area contributed by atoms with Gasteiger partial charge >= 0.3 is 5.97 Å². The van der Waals surface area contributed by atoms with Crippen LogP contribution in [0, 0.1) is 5.92 Å². The predicted molar refractivity (Wildman–Crippen MR) is 124 cm³/mol. The van der Waals surface area contributed by atoms with E-state index in [9.17, 15) is 9.59 Å². The van der Waals surface area contributed by atoms with Crippen molar-refractivity contribution in [2.24, 2.45) is 10.9 Å². The van der Waals surface area contributed by atoms with Gasteiger partial charge in [0.25, 0.3) is 0 Å². The Morgan fingerprint density at radius 3 is 2.64 bits per heavy atom. The molecular weight excluding hydrogens is 418 g/mol. The minimum absolute atomic E-state index is 0.0392. The molecule has 1 aliphatic carbocycles. The predicted octanol–water partition coefficient (Wildman–Crippen LogP) is 4.94. The Bertz CT molecular complexity index is 1150. The SMILES string of the molecule is CCCOC(=O)C1C(C)=NC2=C(C(=O)C[C@@H](c3ccccc3)C2)[C@H]1c1ccc2c(c1)OCO2. The zero-order chi connectivity index (χ0) is 22.9. The van der Waals surface area contributed by atoms with Crippen LogP contribution in [0.4, 0.5) is 0 Å².